The molecule has 1 aromatic heterocycles. The zero-order chi connectivity index (χ0) is 20.1. The number of aromatic nitrogens is 2. The lowest BCUT2D eigenvalue weighted by Crippen LogP contribution is -2.33. The third-order valence-electron chi connectivity index (χ3n) is 4.25. The standard InChI is InChI=1S/C23H22N2O3/c1-4-20-21(26)24-23(27)25(12-8-11-18-9-6-5-7-10-18)22(20)28-19-14-16(2)13-17(3)15-19/h5-7,9-10,13-15H,4,12H2,1-3H3,(H,24,26,27). The Labute approximate surface area is 163 Å². The van der Waals surface area contributed by atoms with Crippen LogP contribution in [0.3, 0.4) is 0 Å². The number of rotatable bonds is 4. The molecule has 0 unspecified atom stereocenters. The summed E-state index contributed by atoms with van der Waals surface area (Å²) in [5, 5.41) is 0. The zero-order valence-electron chi connectivity index (χ0n) is 16.2. The van der Waals surface area contributed by atoms with E-state index in [1.807, 2.05) is 69.3 Å². The van der Waals surface area contributed by atoms with Crippen LogP contribution >= 0.6 is 0 Å². The Hall–Kier alpha value is -3.52. The molecule has 2 aromatic carbocycles. The average molecular weight is 374 g/mol. The molecule has 3 rings (SSSR count). The van der Waals surface area contributed by atoms with E-state index in [4.69, 9.17) is 4.74 Å². The molecular formula is C23H22N2O3. The van der Waals surface area contributed by atoms with Gasteiger partial charge in [-0.05, 0) is 55.7 Å². The average Bonchev–Trinajstić information content (AvgIpc) is 2.64. The highest BCUT2D eigenvalue weighted by atomic mass is 16.5. The van der Waals surface area contributed by atoms with E-state index in [0.717, 1.165) is 16.7 Å². The molecule has 28 heavy (non-hydrogen) atoms. The molecule has 142 valence electrons. The van der Waals surface area contributed by atoms with E-state index in [1.54, 1.807) is 0 Å². The number of ether oxygens (including phenoxy) is 1. The molecule has 1 N–H and O–H groups in total. The molecule has 0 saturated carbocycles. The molecule has 0 saturated heterocycles. The monoisotopic (exact) mass is 374 g/mol. The van der Waals surface area contributed by atoms with E-state index in [-0.39, 0.29) is 12.4 Å². The second-order valence-corrected chi connectivity index (χ2v) is 6.58. The van der Waals surface area contributed by atoms with Gasteiger partial charge in [0.2, 0.25) is 5.88 Å². The van der Waals surface area contributed by atoms with Crippen molar-refractivity contribution >= 4 is 0 Å². The molecule has 0 aliphatic rings. The van der Waals surface area contributed by atoms with E-state index in [9.17, 15) is 9.59 Å². The van der Waals surface area contributed by atoms with Crippen molar-refractivity contribution in [3.05, 3.63) is 91.6 Å². The molecule has 0 bridgehead atoms. The summed E-state index contributed by atoms with van der Waals surface area (Å²) < 4.78 is 7.40. The first kappa shape index (κ1) is 19.2. The van der Waals surface area contributed by atoms with Crippen LogP contribution in [-0.2, 0) is 13.0 Å². The Morgan fingerprint density at radius 2 is 1.71 bits per heavy atom. The maximum absolute atomic E-state index is 12.5. The van der Waals surface area contributed by atoms with Gasteiger partial charge in [0, 0.05) is 5.56 Å². The Balaban J connectivity index is 2.05. The van der Waals surface area contributed by atoms with Gasteiger partial charge in [0.1, 0.15) is 5.75 Å². The van der Waals surface area contributed by atoms with Crippen molar-refractivity contribution in [3.63, 3.8) is 0 Å². The van der Waals surface area contributed by atoms with Crippen molar-refractivity contribution in [2.24, 2.45) is 0 Å². The molecule has 0 aliphatic carbocycles. The van der Waals surface area contributed by atoms with Crippen LogP contribution in [0.5, 0.6) is 11.6 Å². The number of hydrogen-bond donors (Lipinski definition) is 1. The van der Waals surface area contributed by atoms with Crippen LogP contribution in [0.4, 0.5) is 0 Å². The molecule has 0 radical (unpaired) electrons. The highest BCUT2D eigenvalue weighted by Crippen LogP contribution is 2.25. The number of nitrogens with one attached hydrogen (secondary N) is 1. The van der Waals surface area contributed by atoms with Gasteiger partial charge in [-0.15, -0.1) is 0 Å². The number of benzene rings is 2. The summed E-state index contributed by atoms with van der Waals surface area (Å²) in [5.74, 6) is 6.84. The molecule has 0 atom stereocenters. The zero-order valence-corrected chi connectivity index (χ0v) is 16.2. The van der Waals surface area contributed by atoms with Gasteiger partial charge in [-0.1, -0.05) is 43.0 Å². The summed E-state index contributed by atoms with van der Waals surface area (Å²) >= 11 is 0. The summed E-state index contributed by atoms with van der Waals surface area (Å²) in [6, 6.07) is 15.3. The minimum atomic E-state index is -0.538. The maximum atomic E-state index is 12.5. The molecule has 0 fully saturated rings. The fourth-order valence-corrected chi connectivity index (χ4v) is 3.01. The molecule has 5 nitrogen and oxygen atoms in total. The van der Waals surface area contributed by atoms with Gasteiger partial charge in [0.25, 0.3) is 5.56 Å². The maximum Gasteiger partial charge on any atom is 0.332 e. The minimum Gasteiger partial charge on any atom is -0.440 e. The first-order valence-corrected chi connectivity index (χ1v) is 9.14. The molecule has 3 aromatic rings. The van der Waals surface area contributed by atoms with Crippen LogP contribution in [0.25, 0.3) is 0 Å². The highest BCUT2D eigenvalue weighted by Gasteiger charge is 2.16. The second kappa shape index (κ2) is 8.45. The van der Waals surface area contributed by atoms with Crippen molar-refractivity contribution in [1.82, 2.24) is 9.55 Å². The smallest absolute Gasteiger partial charge is 0.332 e. The molecule has 0 aliphatic heterocycles. The summed E-state index contributed by atoms with van der Waals surface area (Å²) in [7, 11) is 0. The fraction of sp³-hybridized carbons (Fsp3) is 0.217. The largest absolute Gasteiger partial charge is 0.440 e. The van der Waals surface area contributed by atoms with Crippen LogP contribution < -0.4 is 16.0 Å². The third kappa shape index (κ3) is 4.41. The first-order valence-electron chi connectivity index (χ1n) is 9.14. The Kier molecular flexibility index (Phi) is 5.81. The quantitative estimate of drug-likeness (QED) is 0.710. The molecular weight excluding hydrogens is 352 g/mol. The molecule has 5 heteroatoms. The van der Waals surface area contributed by atoms with Crippen molar-refractivity contribution < 1.29 is 4.74 Å². The minimum absolute atomic E-state index is 0.109. The van der Waals surface area contributed by atoms with Gasteiger partial charge < -0.3 is 4.74 Å². The van der Waals surface area contributed by atoms with Crippen molar-refractivity contribution in [1.29, 1.82) is 0 Å². The Bertz CT molecular complexity index is 1140. The summed E-state index contributed by atoms with van der Waals surface area (Å²) in [6.07, 6.45) is 0.432. The van der Waals surface area contributed by atoms with Crippen LogP contribution in [0, 0.1) is 25.7 Å². The number of nitrogens with zero attached hydrogens (tertiary/aromatic N) is 1. The first-order chi connectivity index (χ1) is 13.5. The Morgan fingerprint density at radius 1 is 1.04 bits per heavy atom. The number of H-pyrrole nitrogens is 1. The lowest BCUT2D eigenvalue weighted by molar-refractivity contribution is 0.416. The van der Waals surface area contributed by atoms with E-state index in [0.29, 0.717) is 17.7 Å². The van der Waals surface area contributed by atoms with Gasteiger partial charge >= 0.3 is 5.69 Å². The topological polar surface area (TPSA) is 64.1 Å². The van der Waals surface area contributed by atoms with Gasteiger partial charge in [-0.3, -0.25) is 14.3 Å². The van der Waals surface area contributed by atoms with Crippen molar-refractivity contribution in [2.75, 3.05) is 0 Å². The predicted octanol–water partition coefficient (Wildman–Crippen LogP) is 3.56. The normalized spacial score (nSPS) is 10.2. The third-order valence-corrected chi connectivity index (χ3v) is 4.25. The lowest BCUT2D eigenvalue weighted by Gasteiger charge is -2.15. The van der Waals surface area contributed by atoms with Crippen molar-refractivity contribution in [3.8, 4) is 23.5 Å². The van der Waals surface area contributed by atoms with E-state index in [2.05, 4.69) is 16.8 Å². The highest BCUT2D eigenvalue weighted by molar-refractivity contribution is 5.38. The van der Waals surface area contributed by atoms with Gasteiger partial charge in [-0.2, -0.15) is 0 Å². The van der Waals surface area contributed by atoms with Gasteiger partial charge in [0.15, 0.2) is 0 Å². The van der Waals surface area contributed by atoms with Crippen LogP contribution in [0.1, 0.15) is 29.2 Å². The van der Waals surface area contributed by atoms with Crippen molar-refractivity contribution in [2.45, 2.75) is 33.7 Å². The van der Waals surface area contributed by atoms with E-state index < -0.39 is 11.2 Å². The lowest BCUT2D eigenvalue weighted by atomic mass is 10.1. The predicted molar refractivity (Wildman–Crippen MR) is 110 cm³/mol. The molecule has 0 spiro atoms. The number of aryl methyl sites for hydroxylation is 2. The second-order valence-electron chi connectivity index (χ2n) is 6.58. The van der Waals surface area contributed by atoms with Crippen LogP contribution in [0.2, 0.25) is 0 Å². The summed E-state index contributed by atoms with van der Waals surface area (Å²) in [6.45, 7) is 5.90. The number of aromatic amines is 1. The number of hydrogen-bond acceptors (Lipinski definition) is 3. The van der Waals surface area contributed by atoms with Gasteiger partial charge in [-0.25, -0.2) is 4.79 Å². The van der Waals surface area contributed by atoms with Gasteiger partial charge in [0.05, 0.1) is 12.1 Å². The SMILES string of the molecule is CCc1c(Oc2cc(C)cc(C)c2)n(CC#Cc2ccccc2)c(=O)[nH]c1=O. The van der Waals surface area contributed by atoms with Crippen LogP contribution in [0.15, 0.2) is 58.1 Å². The van der Waals surface area contributed by atoms with E-state index in [1.165, 1.54) is 4.57 Å². The van der Waals surface area contributed by atoms with Crippen LogP contribution in [-0.4, -0.2) is 9.55 Å². The fourth-order valence-electron chi connectivity index (χ4n) is 3.01. The Morgan fingerprint density at radius 3 is 2.36 bits per heavy atom. The molecule has 0 amide bonds. The summed E-state index contributed by atoms with van der Waals surface area (Å²) in [5.41, 5.74) is 2.38. The molecule has 1 heterocycles. The van der Waals surface area contributed by atoms with E-state index >= 15 is 0 Å². The summed E-state index contributed by atoms with van der Waals surface area (Å²) in [4.78, 5) is 27.1.